The maximum atomic E-state index is 13.2. The van der Waals surface area contributed by atoms with Crippen molar-refractivity contribution in [2.24, 2.45) is 5.92 Å². The number of sulfone groups is 1. The number of carbonyl (C=O) groups is 1. The molecule has 1 aliphatic rings. The predicted octanol–water partition coefficient (Wildman–Crippen LogP) is 5.48. The Hall–Kier alpha value is -1.42. The summed E-state index contributed by atoms with van der Waals surface area (Å²) in [5.41, 5.74) is 6.90. The number of carbonyl (C=O) groups excluding carboxylic acids is 1. The monoisotopic (exact) mass is 404 g/mol. The van der Waals surface area contributed by atoms with Crippen molar-refractivity contribution in [1.82, 2.24) is 0 Å². The topological polar surface area (TPSA) is 51.2 Å². The van der Waals surface area contributed by atoms with Gasteiger partial charge in [0, 0.05) is 12.0 Å². The molecule has 3 nitrogen and oxygen atoms in total. The second-order valence-corrected chi connectivity index (χ2v) is 11.0. The van der Waals surface area contributed by atoms with E-state index in [1.54, 1.807) is 6.92 Å². The molecule has 0 N–H and O–H groups in total. The molecule has 1 aromatic rings. The van der Waals surface area contributed by atoms with E-state index in [2.05, 4.69) is 39.8 Å². The fraction of sp³-hybridized carbons (Fsp3) is 0.625. The van der Waals surface area contributed by atoms with Crippen molar-refractivity contribution in [2.75, 3.05) is 5.75 Å². The van der Waals surface area contributed by atoms with Crippen LogP contribution in [-0.4, -0.2) is 25.2 Å². The van der Waals surface area contributed by atoms with Gasteiger partial charge in [-0.25, -0.2) is 8.42 Å². The lowest BCUT2D eigenvalue weighted by atomic mass is 9.76. The van der Waals surface area contributed by atoms with Gasteiger partial charge in [-0.1, -0.05) is 44.0 Å². The van der Waals surface area contributed by atoms with Crippen molar-refractivity contribution in [2.45, 2.75) is 85.3 Å². The van der Waals surface area contributed by atoms with Crippen LogP contribution in [0.2, 0.25) is 0 Å². The van der Waals surface area contributed by atoms with Gasteiger partial charge in [-0.15, -0.1) is 0 Å². The molecule has 1 aromatic carbocycles. The van der Waals surface area contributed by atoms with E-state index in [0.29, 0.717) is 19.3 Å². The SMILES string of the molecule is CCCS(=O)(=O)C(C)CC1CC(=O)C(c2c(CC)cc(C)cc2CC)=C(C)C1. The number of allylic oxidation sites excluding steroid dienone is 2. The van der Waals surface area contributed by atoms with Crippen LogP contribution in [0.4, 0.5) is 0 Å². The zero-order chi connectivity index (χ0) is 21.1. The van der Waals surface area contributed by atoms with Gasteiger partial charge in [0.05, 0.1) is 11.0 Å². The second kappa shape index (κ2) is 9.39. The normalized spacial score (nSPS) is 19.2. The average molecular weight is 405 g/mol. The van der Waals surface area contributed by atoms with Crippen molar-refractivity contribution >= 4 is 21.2 Å². The summed E-state index contributed by atoms with van der Waals surface area (Å²) in [5, 5.41) is -0.378. The first-order chi connectivity index (χ1) is 13.1. The third-order valence-electron chi connectivity index (χ3n) is 6.00. The predicted molar refractivity (Wildman–Crippen MR) is 118 cm³/mol. The molecule has 1 aliphatic carbocycles. The summed E-state index contributed by atoms with van der Waals surface area (Å²) < 4.78 is 24.7. The molecule has 2 unspecified atom stereocenters. The Kier molecular flexibility index (Phi) is 7.66. The number of hydrogen-bond donors (Lipinski definition) is 0. The summed E-state index contributed by atoms with van der Waals surface area (Å²) in [5.74, 6) is 0.540. The summed E-state index contributed by atoms with van der Waals surface area (Å²) in [4.78, 5) is 13.2. The molecule has 0 radical (unpaired) electrons. The molecule has 4 heteroatoms. The number of Topliss-reactive ketones (excluding diaryl/α,β-unsaturated/α-hetero) is 1. The van der Waals surface area contributed by atoms with Crippen LogP contribution in [0.15, 0.2) is 17.7 Å². The van der Waals surface area contributed by atoms with E-state index in [1.807, 2.05) is 6.92 Å². The molecule has 0 fully saturated rings. The van der Waals surface area contributed by atoms with E-state index >= 15 is 0 Å². The molecule has 0 bridgehead atoms. The lowest BCUT2D eigenvalue weighted by Crippen LogP contribution is -2.27. The smallest absolute Gasteiger partial charge is 0.163 e. The van der Waals surface area contributed by atoms with Crippen LogP contribution in [-0.2, 0) is 27.5 Å². The molecule has 0 saturated heterocycles. The first-order valence-corrected chi connectivity index (χ1v) is 12.4. The van der Waals surface area contributed by atoms with Gasteiger partial charge in [0.15, 0.2) is 15.6 Å². The minimum absolute atomic E-state index is 0.124. The summed E-state index contributed by atoms with van der Waals surface area (Å²) in [6.07, 6.45) is 4.31. The van der Waals surface area contributed by atoms with Crippen LogP contribution in [0.5, 0.6) is 0 Å². The molecule has 0 aromatic heterocycles. The Morgan fingerprint density at radius 3 is 2.07 bits per heavy atom. The van der Waals surface area contributed by atoms with Gasteiger partial charge in [0.25, 0.3) is 0 Å². The quantitative estimate of drug-likeness (QED) is 0.577. The van der Waals surface area contributed by atoms with E-state index in [1.165, 1.54) is 16.7 Å². The Balaban J connectivity index is 2.36. The largest absolute Gasteiger partial charge is 0.294 e. The minimum Gasteiger partial charge on any atom is -0.294 e. The average Bonchev–Trinajstić information content (AvgIpc) is 2.61. The molecule has 2 rings (SSSR count). The number of hydrogen-bond acceptors (Lipinski definition) is 3. The highest BCUT2D eigenvalue weighted by Gasteiger charge is 2.32. The number of rotatable bonds is 8. The first-order valence-electron chi connectivity index (χ1n) is 10.7. The van der Waals surface area contributed by atoms with Crippen molar-refractivity contribution < 1.29 is 13.2 Å². The lowest BCUT2D eigenvalue weighted by Gasteiger charge is -2.29. The van der Waals surface area contributed by atoms with E-state index in [0.717, 1.165) is 36.0 Å². The van der Waals surface area contributed by atoms with Crippen molar-refractivity contribution in [3.8, 4) is 0 Å². The Bertz CT molecular complexity index is 837. The second-order valence-electron chi connectivity index (χ2n) is 8.43. The molecular formula is C24H36O3S. The summed E-state index contributed by atoms with van der Waals surface area (Å²) in [7, 11) is -3.06. The van der Waals surface area contributed by atoms with Gasteiger partial charge < -0.3 is 0 Å². The fourth-order valence-electron chi connectivity index (χ4n) is 4.65. The Labute approximate surface area is 171 Å². The number of aryl methyl sites for hydroxylation is 3. The van der Waals surface area contributed by atoms with Crippen LogP contribution in [0.25, 0.3) is 5.57 Å². The van der Waals surface area contributed by atoms with Gasteiger partial charge in [-0.05, 0) is 75.5 Å². The van der Waals surface area contributed by atoms with Crippen LogP contribution < -0.4 is 0 Å². The molecule has 0 saturated carbocycles. The molecule has 156 valence electrons. The molecule has 0 spiro atoms. The summed E-state index contributed by atoms with van der Waals surface area (Å²) in [6.45, 7) is 12.2. The van der Waals surface area contributed by atoms with Gasteiger partial charge >= 0.3 is 0 Å². The first kappa shape index (κ1) is 22.9. The van der Waals surface area contributed by atoms with Gasteiger partial charge in [-0.3, -0.25) is 4.79 Å². The molecule has 0 amide bonds. The Morgan fingerprint density at radius 1 is 1.04 bits per heavy atom. The maximum absolute atomic E-state index is 13.2. The van der Waals surface area contributed by atoms with Gasteiger partial charge in [0.2, 0.25) is 0 Å². The maximum Gasteiger partial charge on any atom is 0.163 e. The molecule has 2 atom stereocenters. The van der Waals surface area contributed by atoms with E-state index in [4.69, 9.17) is 0 Å². The molecule has 28 heavy (non-hydrogen) atoms. The van der Waals surface area contributed by atoms with Gasteiger partial charge in [0.1, 0.15) is 0 Å². The highest BCUT2D eigenvalue weighted by Crippen LogP contribution is 2.38. The summed E-state index contributed by atoms with van der Waals surface area (Å²) in [6, 6.07) is 4.40. The third kappa shape index (κ3) is 4.94. The van der Waals surface area contributed by atoms with Crippen LogP contribution >= 0.6 is 0 Å². The van der Waals surface area contributed by atoms with Crippen molar-refractivity contribution in [1.29, 1.82) is 0 Å². The van der Waals surface area contributed by atoms with Crippen LogP contribution in [0.3, 0.4) is 0 Å². The third-order valence-corrected chi connectivity index (χ3v) is 8.40. The van der Waals surface area contributed by atoms with Crippen LogP contribution in [0, 0.1) is 12.8 Å². The van der Waals surface area contributed by atoms with Crippen molar-refractivity contribution in [3.05, 3.63) is 40.0 Å². The number of benzene rings is 1. The zero-order valence-corrected chi connectivity index (χ0v) is 19.2. The lowest BCUT2D eigenvalue weighted by molar-refractivity contribution is -0.115. The van der Waals surface area contributed by atoms with Crippen LogP contribution in [0.1, 0.15) is 82.6 Å². The molecule has 0 aliphatic heterocycles. The van der Waals surface area contributed by atoms with E-state index < -0.39 is 9.84 Å². The Morgan fingerprint density at radius 2 is 1.61 bits per heavy atom. The van der Waals surface area contributed by atoms with Crippen molar-refractivity contribution in [3.63, 3.8) is 0 Å². The summed E-state index contributed by atoms with van der Waals surface area (Å²) >= 11 is 0. The zero-order valence-electron chi connectivity index (χ0n) is 18.4. The van der Waals surface area contributed by atoms with Gasteiger partial charge in [-0.2, -0.15) is 0 Å². The highest BCUT2D eigenvalue weighted by atomic mass is 32.2. The minimum atomic E-state index is -3.06. The van der Waals surface area contributed by atoms with E-state index in [-0.39, 0.29) is 22.7 Å². The molecular weight excluding hydrogens is 368 g/mol. The fourth-order valence-corrected chi connectivity index (χ4v) is 6.19. The highest BCUT2D eigenvalue weighted by molar-refractivity contribution is 7.91. The standard InChI is InChI=1S/C24H36O3S/c1-7-10-28(26,27)18(6)14-19-13-17(5)23(22(25)15-19)24-20(8-2)11-16(4)12-21(24)9-3/h11-12,18-19H,7-10,13-15H2,1-6H3. The number of ketones is 1. The van der Waals surface area contributed by atoms with E-state index in [9.17, 15) is 13.2 Å². The molecule has 0 heterocycles.